The first-order chi connectivity index (χ1) is 23.3. The smallest absolute Gasteiger partial charge is 0.407 e. The molecule has 0 aliphatic heterocycles. The van der Waals surface area contributed by atoms with Crippen LogP contribution in [0.2, 0.25) is 0 Å². The van der Waals surface area contributed by atoms with E-state index in [0.29, 0.717) is 36.2 Å². The summed E-state index contributed by atoms with van der Waals surface area (Å²) >= 11 is 0. The largest absolute Gasteiger partial charge is 0.481 e. The third-order valence-electron chi connectivity index (χ3n) is 8.68. The van der Waals surface area contributed by atoms with Crippen LogP contribution in [0.25, 0.3) is 11.1 Å². The first-order valence-corrected chi connectivity index (χ1v) is 16.5. The van der Waals surface area contributed by atoms with Crippen molar-refractivity contribution in [2.75, 3.05) is 11.9 Å². The molecule has 0 bridgehead atoms. The number of Topliss-reactive ketones (excluding diaryl/α,β-unsaturated/α-hetero) is 2. The Morgan fingerprint density at radius 3 is 1.96 bits per heavy atom. The number of ether oxygens (including phenoxy) is 2. The van der Waals surface area contributed by atoms with Gasteiger partial charge in [0.2, 0.25) is 0 Å². The molecule has 0 spiro atoms. The Balaban J connectivity index is 1.19. The zero-order valence-electron chi connectivity index (χ0n) is 28.2. The van der Waals surface area contributed by atoms with Crippen molar-refractivity contribution in [2.45, 2.75) is 71.9 Å². The Morgan fingerprint density at radius 2 is 1.41 bits per heavy atom. The van der Waals surface area contributed by atoms with Crippen LogP contribution in [-0.2, 0) is 35.3 Å². The average molecular weight is 667 g/mol. The summed E-state index contributed by atoms with van der Waals surface area (Å²) in [5.41, 5.74) is 5.90. The van der Waals surface area contributed by atoms with Gasteiger partial charge in [0.05, 0.1) is 12.0 Å². The van der Waals surface area contributed by atoms with Gasteiger partial charge >= 0.3 is 18.0 Å². The Morgan fingerprint density at radius 1 is 0.837 bits per heavy atom. The van der Waals surface area contributed by atoms with E-state index in [2.05, 4.69) is 10.6 Å². The summed E-state index contributed by atoms with van der Waals surface area (Å²) < 4.78 is 10.9. The number of carbonyl (C=O) groups is 5. The van der Waals surface area contributed by atoms with Gasteiger partial charge in [0.15, 0.2) is 11.6 Å². The molecule has 0 radical (unpaired) electrons. The fraction of sp³-hybridized carbons (Fsp3) is 0.359. The molecule has 0 saturated heterocycles. The quantitative estimate of drug-likeness (QED) is 0.108. The molecular formula is C39H42N2O8. The number of hydrogen-bond acceptors (Lipinski definition) is 8. The van der Waals surface area contributed by atoms with E-state index >= 15 is 0 Å². The van der Waals surface area contributed by atoms with Crippen molar-refractivity contribution < 1.29 is 38.6 Å². The number of esters is 1. The molecule has 2 aliphatic rings. The Bertz CT molecular complexity index is 1720. The number of aliphatic carboxylic acids is 1. The number of fused-ring (bicyclic) bond motifs is 3. The zero-order chi connectivity index (χ0) is 35.3. The lowest BCUT2D eigenvalue weighted by molar-refractivity contribution is -0.151. The molecule has 10 heteroatoms. The number of anilines is 1. The van der Waals surface area contributed by atoms with Gasteiger partial charge in [-0.2, -0.15) is 0 Å². The number of carboxylic acids is 1. The molecule has 2 aliphatic carbocycles. The molecular weight excluding hydrogens is 624 g/mol. The number of ketones is 2. The molecule has 3 N–H and O–H groups in total. The van der Waals surface area contributed by atoms with Gasteiger partial charge in [0, 0.05) is 30.1 Å². The minimum atomic E-state index is -1.46. The second-order valence-electron chi connectivity index (χ2n) is 13.9. The molecule has 0 aromatic heterocycles. The molecule has 1 atom stereocenters. The van der Waals surface area contributed by atoms with E-state index in [-0.39, 0.29) is 47.6 Å². The van der Waals surface area contributed by atoms with Crippen LogP contribution in [-0.4, -0.2) is 47.4 Å². The van der Waals surface area contributed by atoms with Crippen LogP contribution in [0, 0.1) is 11.3 Å². The Labute approximate surface area is 285 Å². The molecule has 1 fully saturated rings. The van der Waals surface area contributed by atoms with Gasteiger partial charge in [-0.05, 0) is 57.7 Å². The zero-order valence-corrected chi connectivity index (χ0v) is 28.2. The van der Waals surface area contributed by atoms with E-state index in [1.165, 1.54) is 0 Å². The minimum Gasteiger partial charge on any atom is -0.481 e. The summed E-state index contributed by atoms with van der Waals surface area (Å²) in [5.74, 6) is -2.52. The molecule has 256 valence electrons. The number of alkyl carbamates (subject to hydrolysis) is 1. The number of benzene rings is 3. The van der Waals surface area contributed by atoms with Gasteiger partial charge in [0.1, 0.15) is 19.3 Å². The standard InChI is InChI=1S/C39H42N2O8/c1-23(2)17-31(36-33(42)19-39(3,4)20-34(36)43)40-25-15-13-24(14-16-25)21-48-37(46)32(18-35(44)45)41-38(47)49-22-30-28-11-7-5-9-26(28)27-10-6-8-12-29(27)30/h5-16,23,30,32,40H,17-22H2,1-4H3,(H,41,47)(H,44,45)/t32-/m0/s1. The molecule has 3 aromatic carbocycles. The van der Waals surface area contributed by atoms with E-state index in [1.807, 2.05) is 76.2 Å². The van der Waals surface area contributed by atoms with E-state index in [1.54, 1.807) is 24.3 Å². The maximum atomic E-state index is 13.0. The summed E-state index contributed by atoms with van der Waals surface area (Å²) in [5, 5.41) is 15.0. The van der Waals surface area contributed by atoms with Gasteiger partial charge < -0.3 is 25.2 Å². The number of carbonyl (C=O) groups excluding carboxylic acids is 4. The fourth-order valence-electron chi connectivity index (χ4n) is 6.49. The van der Waals surface area contributed by atoms with Crippen molar-refractivity contribution in [3.05, 3.63) is 101 Å². The van der Waals surface area contributed by atoms with Gasteiger partial charge in [-0.25, -0.2) is 9.59 Å². The third kappa shape index (κ3) is 8.62. The van der Waals surface area contributed by atoms with Crippen molar-refractivity contribution in [1.82, 2.24) is 5.32 Å². The van der Waals surface area contributed by atoms with Crippen molar-refractivity contribution in [1.29, 1.82) is 0 Å². The lowest BCUT2D eigenvalue weighted by Gasteiger charge is -2.30. The predicted octanol–water partition coefficient (Wildman–Crippen LogP) is 6.78. The monoisotopic (exact) mass is 666 g/mol. The molecule has 0 unspecified atom stereocenters. The SMILES string of the molecule is CC(C)CC(Nc1ccc(COC(=O)[C@H](CC(=O)O)NC(=O)OCC2c3ccccc3-c3ccccc32)cc1)=C1C(=O)CC(C)(C)CC1=O. The number of hydrogen-bond donors (Lipinski definition) is 3. The molecule has 1 amide bonds. The minimum absolute atomic E-state index is 0.00491. The molecule has 1 saturated carbocycles. The topological polar surface area (TPSA) is 148 Å². The van der Waals surface area contributed by atoms with Gasteiger partial charge in [-0.15, -0.1) is 0 Å². The highest BCUT2D eigenvalue weighted by atomic mass is 16.6. The van der Waals surface area contributed by atoms with Crippen LogP contribution in [0.4, 0.5) is 10.5 Å². The van der Waals surface area contributed by atoms with Crippen LogP contribution in [0.3, 0.4) is 0 Å². The number of allylic oxidation sites excluding steroid dienone is 2. The first kappa shape index (κ1) is 35.1. The number of nitrogens with one attached hydrogen (secondary N) is 2. The van der Waals surface area contributed by atoms with E-state index in [9.17, 15) is 29.1 Å². The maximum absolute atomic E-state index is 13.0. The number of carboxylic acid groups (broad SMARTS) is 1. The lowest BCUT2D eigenvalue weighted by atomic mass is 9.73. The number of amides is 1. The summed E-state index contributed by atoms with van der Waals surface area (Å²) in [6, 6.07) is 21.2. The highest BCUT2D eigenvalue weighted by Crippen LogP contribution is 2.44. The predicted molar refractivity (Wildman–Crippen MR) is 184 cm³/mol. The molecule has 49 heavy (non-hydrogen) atoms. The Kier molecular flexibility index (Phi) is 10.7. The highest BCUT2D eigenvalue weighted by molar-refractivity contribution is 6.23. The van der Waals surface area contributed by atoms with Crippen molar-refractivity contribution in [3.8, 4) is 11.1 Å². The summed E-state index contributed by atoms with van der Waals surface area (Å²) in [6.07, 6.45) is -0.478. The van der Waals surface area contributed by atoms with Crippen molar-refractivity contribution >= 4 is 35.3 Å². The lowest BCUT2D eigenvalue weighted by Crippen LogP contribution is -2.43. The maximum Gasteiger partial charge on any atom is 0.407 e. The second-order valence-corrected chi connectivity index (χ2v) is 13.9. The molecule has 0 heterocycles. The normalized spacial score (nSPS) is 15.7. The van der Waals surface area contributed by atoms with Gasteiger partial charge in [-0.1, -0.05) is 88.4 Å². The van der Waals surface area contributed by atoms with E-state index in [4.69, 9.17) is 9.47 Å². The van der Waals surface area contributed by atoms with E-state index < -0.39 is 30.5 Å². The molecule has 3 aromatic rings. The van der Waals surface area contributed by atoms with Crippen LogP contribution in [0.1, 0.15) is 76.0 Å². The summed E-state index contributed by atoms with van der Waals surface area (Å²) in [7, 11) is 0. The summed E-state index contributed by atoms with van der Waals surface area (Å²) in [4.78, 5) is 63.2. The van der Waals surface area contributed by atoms with Crippen LogP contribution >= 0.6 is 0 Å². The van der Waals surface area contributed by atoms with Crippen LogP contribution in [0.5, 0.6) is 0 Å². The van der Waals surface area contributed by atoms with Crippen LogP contribution in [0.15, 0.2) is 84.1 Å². The van der Waals surface area contributed by atoms with Crippen molar-refractivity contribution in [3.63, 3.8) is 0 Å². The second kappa shape index (κ2) is 14.9. The Hall–Kier alpha value is -5.25. The highest BCUT2D eigenvalue weighted by Gasteiger charge is 2.37. The molecule has 5 rings (SSSR count). The van der Waals surface area contributed by atoms with E-state index in [0.717, 1.165) is 22.3 Å². The molecule has 10 nitrogen and oxygen atoms in total. The van der Waals surface area contributed by atoms with Crippen LogP contribution < -0.4 is 10.6 Å². The first-order valence-electron chi connectivity index (χ1n) is 16.5. The third-order valence-corrected chi connectivity index (χ3v) is 8.68. The summed E-state index contributed by atoms with van der Waals surface area (Å²) in [6.45, 7) is 7.70. The average Bonchev–Trinajstić information content (AvgIpc) is 3.35. The fourth-order valence-corrected chi connectivity index (χ4v) is 6.49. The number of rotatable bonds is 12. The van der Waals surface area contributed by atoms with Crippen molar-refractivity contribution in [2.24, 2.45) is 11.3 Å². The van der Waals surface area contributed by atoms with Gasteiger partial charge in [-0.3, -0.25) is 14.4 Å². The van der Waals surface area contributed by atoms with Gasteiger partial charge in [0.25, 0.3) is 0 Å².